The lowest BCUT2D eigenvalue weighted by molar-refractivity contribution is 0.0718. The number of hydrogen-bond acceptors (Lipinski definition) is 2. The summed E-state index contributed by atoms with van der Waals surface area (Å²) >= 11 is 0. The number of terminal acetylenes is 1. The van der Waals surface area contributed by atoms with Crippen LogP contribution < -0.4 is 5.32 Å². The highest BCUT2D eigenvalue weighted by molar-refractivity contribution is 5.02. The Labute approximate surface area is 108 Å². The van der Waals surface area contributed by atoms with Gasteiger partial charge in [0.1, 0.15) is 0 Å². The van der Waals surface area contributed by atoms with Crippen LogP contribution in [0.5, 0.6) is 0 Å². The lowest BCUT2D eigenvalue weighted by Gasteiger charge is -2.45. The molecular weight excluding hydrogens is 208 g/mol. The number of nitrogens with one attached hydrogen (secondary N) is 1. The van der Waals surface area contributed by atoms with Gasteiger partial charge in [0.25, 0.3) is 0 Å². The maximum absolute atomic E-state index is 5.53. The molecule has 2 nitrogen and oxygen atoms in total. The Balaban J connectivity index is 4.89. The van der Waals surface area contributed by atoms with E-state index in [0.29, 0.717) is 6.04 Å². The van der Waals surface area contributed by atoms with Crippen LogP contribution in [0, 0.1) is 12.3 Å². The van der Waals surface area contributed by atoms with Crippen LogP contribution >= 0.6 is 0 Å². The molecule has 2 unspecified atom stereocenters. The molecule has 0 bridgehead atoms. The van der Waals surface area contributed by atoms with Crippen LogP contribution in [-0.2, 0) is 0 Å². The number of nitrogens with zero attached hydrogens (tertiary/aromatic N) is 1. The summed E-state index contributed by atoms with van der Waals surface area (Å²) in [5.74, 6) is 2.83. The fourth-order valence-corrected chi connectivity index (χ4v) is 2.58. The minimum atomic E-state index is 0.158. The van der Waals surface area contributed by atoms with E-state index in [1.54, 1.807) is 0 Å². The van der Waals surface area contributed by atoms with E-state index in [0.717, 1.165) is 38.9 Å². The van der Waals surface area contributed by atoms with E-state index in [9.17, 15) is 0 Å². The highest BCUT2D eigenvalue weighted by Gasteiger charge is 2.35. The van der Waals surface area contributed by atoms with Gasteiger partial charge in [0.2, 0.25) is 0 Å². The minimum Gasteiger partial charge on any atom is -0.311 e. The van der Waals surface area contributed by atoms with Gasteiger partial charge in [0.15, 0.2) is 0 Å². The summed E-state index contributed by atoms with van der Waals surface area (Å²) in [5.41, 5.74) is 0.158. The molecule has 100 valence electrons. The first kappa shape index (κ1) is 16.5. The van der Waals surface area contributed by atoms with Crippen molar-refractivity contribution >= 4 is 0 Å². The zero-order valence-corrected chi connectivity index (χ0v) is 12.3. The molecule has 0 heterocycles. The van der Waals surface area contributed by atoms with Gasteiger partial charge in [-0.25, -0.2) is 0 Å². The molecule has 0 radical (unpaired) electrons. The minimum absolute atomic E-state index is 0.158. The Morgan fingerprint density at radius 2 is 1.82 bits per heavy atom. The van der Waals surface area contributed by atoms with Crippen LogP contribution in [0.3, 0.4) is 0 Å². The molecule has 0 rings (SSSR count). The fourth-order valence-electron chi connectivity index (χ4n) is 2.58. The third kappa shape index (κ3) is 4.33. The average molecular weight is 238 g/mol. The Morgan fingerprint density at radius 3 is 2.18 bits per heavy atom. The number of hydrogen-bond donors (Lipinski definition) is 1. The maximum Gasteiger partial charge on any atom is 0.0359 e. The zero-order chi connectivity index (χ0) is 13.3. The summed E-state index contributed by atoms with van der Waals surface area (Å²) in [7, 11) is 0. The van der Waals surface area contributed by atoms with Crippen LogP contribution in [0.25, 0.3) is 0 Å². The molecular formula is C15H30N2. The third-order valence-corrected chi connectivity index (χ3v) is 3.92. The first-order chi connectivity index (χ1) is 8.10. The lowest BCUT2D eigenvalue weighted by atomic mass is 9.85. The van der Waals surface area contributed by atoms with Crippen molar-refractivity contribution in [2.45, 2.75) is 65.5 Å². The second-order valence-electron chi connectivity index (χ2n) is 4.80. The lowest BCUT2D eigenvalue weighted by Crippen LogP contribution is -2.59. The van der Waals surface area contributed by atoms with Crippen molar-refractivity contribution in [3.63, 3.8) is 0 Å². The summed E-state index contributed by atoms with van der Waals surface area (Å²) in [6.07, 6.45) is 8.61. The Hall–Kier alpha value is -0.520. The van der Waals surface area contributed by atoms with E-state index < -0.39 is 0 Å². The standard InChI is InChI=1S/C15H30N2/c1-7-12-14(16-13-8-2)15(6,9-3)17(10-4)11-5/h1,14,16H,8-13H2,2-6H3. The van der Waals surface area contributed by atoms with Crippen molar-refractivity contribution in [2.24, 2.45) is 0 Å². The van der Waals surface area contributed by atoms with E-state index in [1.165, 1.54) is 0 Å². The SMILES string of the molecule is C#CCC(NCCC)C(C)(CC)N(CC)CC. The van der Waals surface area contributed by atoms with Gasteiger partial charge in [-0.1, -0.05) is 27.7 Å². The highest BCUT2D eigenvalue weighted by atomic mass is 15.2. The summed E-state index contributed by atoms with van der Waals surface area (Å²) in [4.78, 5) is 2.53. The molecule has 0 amide bonds. The van der Waals surface area contributed by atoms with Crippen molar-refractivity contribution in [3.8, 4) is 12.3 Å². The summed E-state index contributed by atoms with van der Waals surface area (Å²) in [6, 6.07) is 0.386. The molecule has 0 saturated heterocycles. The number of rotatable bonds is 9. The predicted octanol–water partition coefficient (Wildman–Crippen LogP) is 2.89. The molecule has 0 spiro atoms. The van der Waals surface area contributed by atoms with E-state index in [1.807, 2.05) is 0 Å². The monoisotopic (exact) mass is 238 g/mol. The maximum atomic E-state index is 5.53. The summed E-state index contributed by atoms with van der Waals surface area (Å²) in [6.45, 7) is 14.4. The largest absolute Gasteiger partial charge is 0.311 e. The molecule has 0 saturated carbocycles. The molecule has 17 heavy (non-hydrogen) atoms. The molecule has 1 N–H and O–H groups in total. The second-order valence-corrected chi connectivity index (χ2v) is 4.80. The van der Waals surface area contributed by atoms with Gasteiger partial charge < -0.3 is 5.32 Å². The van der Waals surface area contributed by atoms with Crippen LogP contribution in [0.1, 0.15) is 53.9 Å². The topological polar surface area (TPSA) is 15.3 Å². The molecule has 2 atom stereocenters. The molecule has 0 aromatic carbocycles. The molecule has 0 aliphatic rings. The normalized spacial score (nSPS) is 16.5. The Morgan fingerprint density at radius 1 is 1.24 bits per heavy atom. The molecule has 0 fully saturated rings. The van der Waals surface area contributed by atoms with Gasteiger partial charge in [-0.2, -0.15) is 0 Å². The van der Waals surface area contributed by atoms with Crippen molar-refractivity contribution in [2.75, 3.05) is 19.6 Å². The van der Waals surface area contributed by atoms with Gasteiger partial charge in [0, 0.05) is 18.0 Å². The second kappa shape index (κ2) is 8.55. The smallest absolute Gasteiger partial charge is 0.0359 e. The van der Waals surface area contributed by atoms with E-state index >= 15 is 0 Å². The van der Waals surface area contributed by atoms with Crippen LogP contribution in [0.15, 0.2) is 0 Å². The van der Waals surface area contributed by atoms with E-state index in [-0.39, 0.29) is 5.54 Å². The number of likely N-dealkylation sites (N-methyl/N-ethyl adjacent to an activating group) is 1. The first-order valence-corrected chi connectivity index (χ1v) is 7.02. The highest BCUT2D eigenvalue weighted by Crippen LogP contribution is 2.25. The van der Waals surface area contributed by atoms with Gasteiger partial charge >= 0.3 is 0 Å². The average Bonchev–Trinajstić information content (AvgIpc) is 2.35. The van der Waals surface area contributed by atoms with Gasteiger partial charge in [-0.15, -0.1) is 12.3 Å². The molecule has 2 heteroatoms. The van der Waals surface area contributed by atoms with Crippen molar-refractivity contribution in [1.82, 2.24) is 10.2 Å². The van der Waals surface area contributed by atoms with Gasteiger partial charge in [-0.05, 0) is 39.4 Å². The molecule has 0 aromatic rings. The van der Waals surface area contributed by atoms with E-state index in [4.69, 9.17) is 6.42 Å². The Kier molecular flexibility index (Phi) is 8.29. The van der Waals surface area contributed by atoms with Crippen LogP contribution in [-0.4, -0.2) is 36.1 Å². The quantitative estimate of drug-likeness (QED) is 0.621. The summed E-state index contributed by atoms with van der Waals surface area (Å²) in [5, 5.41) is 3.63. The van der Waals surface area contributed by atoms with Crippen molar-refractivity contribution in [1.29, 1.82) is 0 Å². The molecule has 0 aromatic heterocycles. The fraction of sp³-hybridized carbons (Fsp3) is 0.867. The van der Waals surface area contributed by atoms with Crippen molar-refractivity contribution < 1.29 is 0 Å². The van der Waals surface area contributed by atoms with Crippen LogP contribution in [0.2, 0.25) is 0 Å². The first-order valence-electron chi connectivity index (χ1n) is 7.02. The Bertz CT molecular complexity index is 228. The summed E-state index contributed by atoms with van der Waals surface area (Å²) < 4.78 is 0. The predicted molar refractivity (Wildman–Crippen MR) is 77.1 cm³/mol. The van der Waals surface area contributed by atoms with E-state index in [2.05, 4.69) is 50.8 Å². The van der Waals surface area contributed by atoms with Crippen molar-refractivity contribution in [3.05, 3.63) is 0 Å². The van der Waals surface area contributed by atoms with Crippen LogP contribution in [0.4, 0.5) is 0 Å². The molecule has 0 aliphatic carbocycles. The van der Waals surface area contributed by atoms with Gasteiger partial charge in [0.05, 0.1) is 0 Å². The van der Waals surface area contributed by atoms with Gasteiger partial charge in [-0.3, -0.25) is 4.90 Å². The molecule has 0 aliphatic heterocycles. The third-order valence-electron chi connectivity index (χ3n) is 3.92. The zero-order valence-electron chi connectivity index (χ0n) is 12.3.